The average molecular weight is 503 g/mol. The first-order valence-electron chi connectivity index (χ1n) is 11.9. The summed E-state index contributed by atoms with van der Waals surface area (Å²) in [7, 11) is 0. The van der Waals surface area contributed by atoms with E-state index in [2.05, 4.69) is 51.7 Å². The second kappa shape index (κ2) is 11.2. The maximum atomic E-state index is 12.3. The van der Waals surface area contributed by atoms with Crippen LogP contribution < -0.4 is 20.3 Å². The Morgan fingerprint density at radius 1 is 0.972 bits per heavy atom. The first-order valence-corrected chi connectivity index (χ1v) is 12.3. The van der Waals surface area contributed by atoms with E-state index in [1.165, 1.54) is 5.69 Å². The summed E-state index contributed by atoms with van der Waals surface area (Å²) in [4.78, 5) is 16.2. The number of rotatable bonds is 8. The fraction of sp³-hybridized carbons (Fsp3) is 0.259. The molecule has 4 rings (SSSR count). The summed E-state index contributed by atoms with van der Waals surface area (Å²) in [6.07, 6.45) is 0. The van der Waals surface area contributed by atoms with Gasteiger partial charge in [0.1, 0.15) is 16.8 Å². The Morgan fingerprint density at radius 3 is 2.31 bits per heavy atom. The second-order valence-electron chi connectivity index (χ2n) is 8.39. The molecule has 0 saturated heterocycles. The third-order valence-corrected chi connectivity index (χ3v) is 6.09. The van der Waals surface area contributed by atoms with Crippen LogP contribution in [0.3, 0.4) is 0 Å². The topological polar surface area (TPSA) is 84.3 Å². The van der Waals surface area contributed by atoms with Gasteiger partial charge in [0.25, 0.3) is 5.91 Å². The van der Waals surface area contributed by atoms with Gasteiger partial charge in [0, 0.05) is 24.5 Å². The number of hydrogen-bond donors (Lipinski definition) is 2. The molecule has 36 heavy (non-hydrogen) atoms. The van der Waals surface area contributed by atoms with Crippen LogP contribution in [0.4, 0.5) is 11.4 Å². The standard InChI is InChI=1S/C27H30N6O2S/c1-5-32(6-2)20-11-13-21(14-12-20)33-30-23-15-19(4)22(16-24(23)31-33)28-27(36)29-26(34)17-35-25-10-8-7-9-18(25)3/h7-16H,5-6,17H2,1-4H3,(H2,28,29,34,36). The predicted molar refractivity (Wildman–Crippen MR) is 148 cm³/mol. The van der Waals surface area contributed by atoms with Crippen LogP contribution in [0.2, 0.25) is 0 Å². The van der Waals surface area contributed by atoms with Crippen LogP contribution in [0.1, 0.15) is 25.0 Å². The van der Waals surface area contributed by atoms with E-state index in [9.17, 15) is 4.79 Å². The summed E-state index contributed by atoms with van der Waals surface area (Å²) in [6, 6.07) is 19.5. The van der Waals surface area contributed by atoms with E-state index in [1.807, 2.05) is 62.4 Å². The molecule has 8 nitrogen and oxygen atoms in total. The van der Waals surface area contributed by atoms with Crippen molar-refractivity contribution in [3.05, 3.63) is 71.8 Å². The van der Waals surface area contributed by atoms with E-state index in [1.54, 1.807) is 4.80 Å². The van der Waals surface area contributed by atoms with Gasteiger partial charge in [0.05, 0.1) is 5.69 Å². The number of fused-ring (bicyclic) bond motifs is 1. The number of nitrogens with zero attached hydrogens (tertiary/aromatic N) is 4. The van der Waals surface area contributed by atoms with Crippen molar-refractivity contribution in [2.24, 2.45) is 0 Å². The minimum atomic E-state index is -0.339. The molecule has 0 unspecified atom stereocenters. The van der Waals surface area contributed by atoms with Gasteiger partial charge < -0.3 is 15.0 Å². The first-order chi connectivity index (χ1) is 17.4. The molecule has 0 spiro atoms. The number of benzene rings is 3. The Kier molecular flexibility index (Phi) is 7.80. The quantitative estimate of drug-likeness (QED) is 0.336. The number of aromatic nitrogens is 3. The number of aryl methyl sites for hydroxylation is 2. The van der Waals surface area contributed by atoms with Crippen LogP contribution in [0.25, 0.3) is 16.7 Å². The number of anilines is 2. The number of thiocarbonyl (C=S) groups is 1. The molecule has 0 bridgehead atoms. The van der Waals surface area contributed by atoms with Crippen LogP contribution in [-0.4, -0.2) is 45.7 Å². The number of ether oxygens (including phenoxy) is 1. The van der Waals surface area contributed by atoms with Crippen LogP contribution >= 0.6 is 12.2 Å². The molecule has 2 N–H and O–H groups in total. The molecular weight excluding hydrogens is 472 g/mol. The molecule has 0 aliphatic carbocycles. The SMILES string of the molecule is CCN(CC)c1ccc(-n2nc3cc(C)c(NC(=S)NC(=O)COc4ccccc4C)cc3n2)cc1. The van der Waals surface area contributed by atoms with Crippen molar-refractivity contribution >= 4 is 45.6 Å². The number of amides is 1. The third-order valence-electron chi connectivity index (χ3n) is 5.89. The van der Waals surface area contributed by atoms with Crippen molar-refractivity contribution in [2.45, 2.75) is 27.7 Å². The van der Waals surface area contributed by atoms with Crippen molar-refractivity contribution in [1.82, 2.24) is 20.3 Å². The highest BCUT2D eigenvalue weighted by atomic mass is 32.1. The lowest BCUT2D eigenvalue weighted by Gasteiger charge is -2.20. The van der Waals surface area contributed by atoms with Gasteiger partial charge in [0.2, 0.25) is 0 Å². The molecule has 0 aliphatic rings. The average Bonchev–Trinajstić information content (AvgIpc) is 3.27. The Balaban J connectivity index is 1.42. The maximum Gasteiger partial charge on any atom is 0.264 e. The number of para-hydroxylation sites is 1. The highest BCUT2D eigenvalue weighted by Gasteiger charge is 2.12. The molecule has 9 heteroatoms. The summed E-state index contributed by atoms with van der Waals surface area (Å²) in [6.45, 7) is 9.94. The number of nitrogens with one attached hydrogen (secondary N) is 2. The molecule has 0 aliphatic heterocycles. The lowest BCUT2D eigenvalue weighted by atomic mass is 10.2. The summed E-state index contributed by atoms with van der Waals surface area (Å²) in [5, 5.41) is 15.2. The van der Waals surface area contributed by atoms with E-state index in [4.69, 9.17) is 17.0 Å². The van der Waals surface area contributed by atoms with E-state index in [-0.39, 0.29) is 17.6 Å². The van der Waals surface area contributed by atoms with E-state index in [0.717, 1.165) is 41.1 Å². The van der Waals surface area contributed by atoms with Crippen molar-refractivity contribution in [3.8, 4) is 11.4 Å². The van der Waals surface area contributed by atoms with Crippen molar-refractivity contribution in [3.63, 3.8) is 0 Å². The van der Waals surface area contributed by atoms with E-state index >= 15 is 0 Å². The molecular formula is C27H30N6O2S. The highest BCUT2D eigenvalue weighted by molar-refractivity contribution is 7.80. The lowest BCUT2D eigenvalue weighted by Crippen LogP contribution is -2.37. The van der Waals surface area contributed by atoms with Crippen LogP contribution in [0.5, 0.6) is 5.75 Å². The van der Waals surface area contributed by atoms with Gasteiger partial charge >= 0.3 is 0 Å². The number of carbonyl (C=O) groups is 1. The summed E-state index contributed by atoms with van der Waals surface area (Å²) in [5.74, 6) is 0.326. The Labute approximate surface area is 216 Å². The minimum absolute atomic E-state index is 0.133. The summed E-state index contributed by atoms with van der Waals surface area (Å²) < 4.78 is 5.59. The smallest absolute Gasteiger partial charge is 0.264 e. The highest BCUT2D eigenvalue weighted by Crippen LogP contribution is 2.23. The van der Waals surface area contributed by atoms with Crippen molar-refractivity contribution in [2.75, 3.05) is 29.9 Å². The zero-order chi connectivity index (χ0) is 25.7. The van der Waals surface area contributed by atoms with Crippen molar-refractivity contribution in [1.29, 1.82) is 0 Å². The van der Waals surface area contributed by atoms with Crippen LogP contribution in [0.15, 0.2) is 60.7 Å². The van der Waals surface area contributed by atoms with Gasteiger partial charge in [-0.2, -0.15) is 4.80 Å². The molecule has 0 saturated carbocycles. The molecule has 1 amide bonds. The van der Waals surface area contributed by atoms with Gasteiger partial charge in [-0.15, -0.1) is 10.2 Å². The largest absolute Gasteiger partial charge is 0.483 e. The Hall–Kier alpha value is -3.98. The fourth-order valence-corrected chi connectivity index (χ4v) is 4.11. The number of carbonyl (C=O) groups excluding carboxylic acids is 1. The lowest BCUT2D eigenvalue weighted by molar-refractivity contribution is -0.121. The van der Waals surface area contributed by atoms with E-state index < -0.39 is 0 Å². The minimum Gasteiger partial charge on any atom is -0.483 e. The molecule has 1 heterocycles. The molecule has 0 fully saturated rings. The van der Waals surface area contributed by atoms with Gasteiger partial charge in [-0.25, -0.2) is 0 Å². The third kappa shape index (κ3) is 5.80. The molecule has 1 aromatic heterocycles. The predicted octanol–water partition coefficient (Wildman–Crippen LogP) is 4.78. The Morgan fingerprint density at radius 2 is 1.64 bits per heavy atom. The van der Waals surface area contributed by atoms with Gasteiger partial charge in [0.15, 0.2) is 11.7 Å². The molecule has 0 radical (unpaired) electrons. The zero-order valence-corrected chi connectivity index (χ0v) is 21.7. The fourth-order valence-electron chi connectivity index (χ4n) is 3.88. The Bertz CT molecular complexity index is 1380. The van der Waals surface area contributed by atoms with Gasteiger partial charge in [-0.3, -0.25) is 10.1 Å². The molecule has 186 valence electrons. The monoisotopic (exact) mass is 502 g/mol. The normalized spacial score (nSPS) is 10.8. The molecule has 4 aromatic rings. The van der Waals surface area contributed by atoms with Gasteiger partial charge in [-0.05, 0) is 93.5 Å². The summed E-state index contributed by atoms with van der Waals surface area (Å²) >= 11 is 5.34. The van der Waals surface area contributed by atoms with E-state index in [0.29, 0.717) is 11.3 Å². The maximum absolute atomic E-state index is 12.3. The van der Waals surface area contributed by atoms with Crippen LogP contribution in [-0.2, 0) is 4.79 Å². The first kappa shape index (κ1) is 25.1. The molecule has 0 atom stereocenters. The summed E-state index contributed by atoms with van der Waals surface area (Å²) in [5.41, 5.74) is 6.17. The number of hydrogen-bond acceptors (Lipinski definition) is 6. The van der Waals surface area contributed by atoms with Gasteiger partial charge in [-0.1, -0.05) is 18.2 Å². The molecule has 3 aromatic carbocycles. The van der Waals surface area contributed by atoms with Crippen molar-refractivity contribution < 1.29 is 9.53 Å². The zero-order valence-electron chi connectivity index (χ0n) is 20.9. The second-order valence-corrected chi connectivity index (χ2v) is 8.80. The van der Waals surface area contributed by atoms with Crippen LogP contribution in [0, 0.1) is 13.8 Å².